The van der Waals surface area contributed by atoms with Crippen LogP contribution in [0.15, 0.2) is 84.9 Å². The highest BCUT2D eigenvalue weighted by Gasteiger charge is 2.36. The van der Waals surface area contributed by atoms with Gasteiger partial charge < -0.3 is 21.1 Å². The Bertz CT molecular complexity index is 1880. The van der Waals surface area contributed by atoms with E-state index < -0.39 is 35.3 Å². The second kappa shape index (κ2) is 14.7. The van der Waals surface area contributed by atoms with E-state index >= 15 is 4.39 Å². The van der Waals surface area contributed by atoms with Gasteiger partial charge in [-0.25, -0.2) is 9.07 Å². The molecule has 1 unspecified atom stereocenters. The molecule has 1 aliphatic carbocycles. The van der Waals surface area contributed by atoms with Gasteiger partial charge in [0.05, 0.1) is 24.5 Å². The highest BCUT2D eigenvalue weighted by Crippen LogP contribution is 2.39. The summed E-state index contributed by atoms with van der Waals surface area (Å²) in [7, 11) is 1.59. The summed E-state index contributed by atoms with van der Waals surface area (Å²) in [6.07, 6.45) is -2.59. The van der Waals surface area contributed by atoms with E-state index in [1.54, 1.807) is 31.4 Å². The first-order chi connectivity index (χ1) is 21.7. The Labute approximate surface area is 281 Å². The number of rotatable bonds is 10. The van der Waals surface area contributed by atoms with Gasteiger partial charge in [-0.05, 0) is 77.5 Å². The van der Waals surface area contributed by atoms with Crippen molar-refractivity contribution in [2.75, 3.05) is 19.0 Å². The first kappa shape index (κ1) is 35.7. The Kier molecular flexibility index (Phi) is 11.2. The van der Waals surface area contributed by atoms with Gasteiger partial charge in [-0.3, -0.25) is 4.79 Å². The molecule has 0 saturated heterocycles. The first-order valence-electron chi connectivity index (χ1n) is 14.5. The third-order valence-electron chi connectivity index (χ3n) is 7.94. The van der Waals surface area contributed by atoms with Crippen LogP contribution in [0.2, 0.25) is 0 Å². The third-order valence-corrected chi connectivity index (χ3v) is 7.94. The summed E-state index contributed by atoms with van der Waals surface area (Å²) in [5, 5.41) is 11.7. The smallest absolute Gasteiger partial charge is 0.435 e. The Hall–Kier alpha value is -4.16. The van der Waals surface area contributed by atoms with Gasteiger partial charge in [0.2, 0.25) is 0 Å². The van der Waals surface area contributed by atoms with Gasteiger partial charge in [0, 0.05) is 18.2 Å². The number of hydrogen-bond donors (Lipinski definition) is 3. The van der Waals surface area contributed by atoms with E-state index in [0.717, 1.165) is 40.4 Å². The van der Waals surface area contributed by atoms with Crippen LogP contribution >= 0.6 is 24.8 Å². The third kappa shape index (κ3) is 7.70. The maximum Gasteiger partial charge on any atom is 0.435 e. The predicted molar refractivity (Wildman–Crippen MR) is 178 cm³/mol. The average Bonchev–Trinajstić information content (AvgIpc) is 3.75. The topological polar surface area (TPSA) is 94.2 Å². The number of methoxy groups -OCH3 is 1. The molecular formula is C34H33Cl2F4N5O2. The van der Waals surface area contributed by atoms with Gasteiger partial charge in [-0.1, -0.05) is 48.5 Å². The van der Waals surface area contributed by atoms with Crippen LogP contribution in [-0.4, -0.2) is 29.3 Å². The van der Waals surface area contributed by atoms with Crippen molar-refractivity contribution in [3.05, 3.63) is 119 Å². The largest absolute Gasteiger partial charge is 0.496 e. The highest BCUT2D eigenvalue weighted by molar-refractivity contribution is 6.03. The second-order valence-corrected chi connectivity index (χ2v) is 11.1. The fraction of sp³-hybridized carbons (Fsp3) is 0.235. The molecule has 1 aliphatic rings. The number of anilines is 1. The van der Waals surface area contributed by atoms with E-state index in [9.17, 15) is 18.0 Å². The molecule has 7 nitrogen and oxygen atoms in total. The molecule has 248 valence electrons. The maximum atomic E-state index is 15.3. The summed E-state index contributed by atoms with van der Waals surface area (Å²) in [6, 6.07) is 22.6. The average molecular weight is 691 g/mol. The molecule has 1 fully saturated rings. The number of aromatic nitrogens is 2. The number of amides is 1. The molecule has 4 aromatic carbocycles. The summed E-state index contributed by atoms with van der Waals surface area (Å²) < 4.78 is 63.0. The number of fused-ring (bicyclic) bond motifs is 1. The monoisotopic (exact) mass is 689 g/mol. The summed E-state index contributed by atoms with van der Waals surface area (Å²) in [5.41, 5.74) is 6.19. The number of hydrogen-bond acceptors (Lipinski definition) is 5. The molecule has 1 aromatic heterocycles. The number of nitrogens with two attached hydrogens (primary N) is 1. The minimum atomic E-state index is -4.81. The van der Waals surface area contributed by atoms with Crippen LogP contribution in [0.5, 0.6) is 5.75 Å². The highest BCUT2D eigenvalue weighted by atomic mass is 35.5. The van der Waals surface area contributed by atoms with E-state index in [0.29, 0.717) is 28.9 Å². The molecule has 1 heterocycles. The molecule has 0 aliphatic heterocycles. The fourth-order valence-corrected chi connectivity index (χ4v) is 5.44. The second-order valence-electron chi connectivity index (χ2n) is 11.1. The van der Waals surface area contributed by atoms with Crippen molar-refractivity contribution in [1.82, 2.24) is 15.1 Å². The number of nitrogens with one attached hydrogen (secondary N) is 2. The van der Waals surface area contributed by atoms with Crippen molar-refractivity contribution in [3.8, 4) is 11.4 Å². The quantitative estimate of drug-likeness (QED) is 0.130. The van der Waals surface area contributed by atoms with Crippen LogP contribution in [0.4, 0.5) is 23.2 Å². The van der Waals surface area contributed by atoms with Crippen molar-refractivity contribution in [2.45, 2.75) is 31.6 Å². The van der Waals surface area contributed by atoms with Gasteiger partial charge in [0.25, 0.3) is 5.91 Å². The normalized spacial score (nSPS) is 13.4. The van der Waals surface area contributed by atoms with E-state index in [1.165, 1.54) is 18.2 Å². The minimum absolute atomic E-state index is 0. The van der Waals surface area contributed by atoms with Crippen LogP contribution < -0.4 is 21.1 Å². The van der Waals surface area contributed by atoms with Crippen LogP contribution in [0.3, 0.4) is 0 Å². The molecular weight excluding hydrogens is 657 g/mol. The molecule has 4 N–H and O–H groups in total. The summed E-state index contributed by atoms with van der Waals surface area (Å²) in [4.78, 5) is 13.5. The molecule has 0 spiro atoms. The van der Waals surface area contributed by atoms with Gasteiger partial charge in [0.1, 0.15) is 17.3 Å². The molecule has 0 radical (unpaired) electrons. The number of carbonyl (C=O) groups is 1. The lowest BCUT2D eigenvalue weighted by atomic mass is 9.92. The van der Waals surface area contributed by atoms with Crippen molar-refractivity contribution < 1.29 is 27.1 Å². The van der Waals surface area contributed by atoms with Crippen molar-refractivity contribution in [2.24, 2.45) is 11.7 Å². The minimum Gasteiger partial charge on any atom is -0.496 e. The maximum absolute atomic E-state index is 15.3. The lowest BCUT2D eigenvalue weighted by Gasteiger charge is -2.24. The van der Waals surface area contributed by atoms with Crippen molar-refractivity contribution in [3.63, 3.8) is 0 Å². The predicted octanol–water partition coefficient (Wildman–Crippen LogP) is 7.84. The Morgan fingerprint density at radius 1 is 1.02 bits per heavy atom. The van der Waals surface area contributed by atoms with Gasteiger partial charge >= 0.3 is 6.18 Å². The summed E-state index contributed by atoms with van der Waals surface area (Å²) in [6.45, 7) is 0.857. The van der Waals surface area contributed by atoms with Crippen molar-refractivity contribution >= 4 is 47.2 Å². The van der Waals surface area contributed by atoms with E-state index in [-0.39, 0.29) is 42.7 Å². The zero-order valence-corrected chi connectivity index (χ0v) is 26.8. The Morgan fingerprint density at radius 2 is 1.79 bits per heavy atom. The van der Waals surface area contributed by atoms with Gasteiger partial charge in [-0.2, -0.15) is 18.3 Å². The fourth-order valence-electron chi connectivity index (χ4n) is 5.44. The van der Waals surface area contributed by atoms with E-state index in [1.807, 2.05) is 36.4 Å². The van der Waals surface area contributed by atoms with Crippen LogP contribution in [0.25, 0.3) is 16.5 Å². The number of alkyl halides is 3. The molecule has 5 aromatic rings. The van der Waals surface area contributed by atoms with Gasteiger partial charge in [0.15, 0.2) is 5.69 Å². The summed E-state index contributed by atoms with van der Waals surface area (Å²) in [5.74, 6) is -0.545. The molecule has 13 heteroatoms. The lowest BCUT2D eigenvalue weighted by Crippen LogP contribution is -2.26. The van der Waals surface area contributed by atoms with Crippen LogP contribution in [-0.2, 0) is 12.7 Å². The number of carbonyl (C=O) groups excluding carboxylic acids is 1. The van der Waals surface area contributed by atoms with Crippen molar-refractivity contribution in [1.29, 1.82) is 0 Å². The van der Waals surface area contributed by atoms with E-state index in [2.05, 4.69) is 15.7 Å². The number of benzene rings is 4. The molecule has 1 saturated carbocycles. The number of nitrogens with zero attached hydrogens (tertiary/aromatic N) is 2. The molecule has 1 atom stereocenters. The Morgan fingerprint density at radius 3 is 2.49 bits per heavy atom. The lowest BCUT2D eigenvalue weighted by molar-refractivity contribution is -0.141. The molecule has 1 amide bonds. The zero-order chi connectivity index (χ0) is 31.7. The molecule has 47 heavy (non-hydrogen) atoms. The van der Waals surface area contributed by atoms with Crippen LogP contribution in [0, 0.1) is 11.7 Å². The standard InChI is InChI=1S/C34H31F4N5O2.2ClH/c1-45-29-14-12-22-6-2-3-8-25(22)31(29)32(40-19-20-9-10-20)23-11-13-26(35)27(16-23)41-33(44)28-17-30(34(36,37)38)42-43(28)24-7-4-5-21(15-24)18-39;;/h2-8,11-17,20,32,40H,9-10,18-19,39H2,1H3,(H,41,44);2*1H. The molecule has 0 bridgehead atoms. The van der Waals surface area contributed by atoms with Crippen LogP contribution in [0.1, 0.15) is 51.8 Å². The Balaban J connectivity index is 0.00000250. The number of halogens is 6. The SMILES string of the molecule is COc1ccc2ccccc2c1C(NCC1CC1)c1ccc(F)c(NC(=O)c2cc(C(F)(F)F)nn2-c2cccc(CN)c2)c1.Cl.Cl. The van der Waals surface area contributed by atoms with E-state index in [4.69, 9.17) is 10.5 Å². The van der Waals surface area contributed by atoms with Gasteiger partial charge in [-0.15, -0.1) is 24.8 Å². The zero-order valence-electron chi connectivity index (χ0n) is 25.2. The molecule has 6 rings (SSSR count). The first-order valence-corrected chi connectivity index (χ1v) is 14.5. The summed E-state index contributed by atoms with van der Waals surface area (Å²) >= 11 is 0. The number of ether oxygens (including phenoxy) is 1.